The molecule has 2 rings (SSSR count). The van der Waals surface area contributed by atoms with Crippen molar-refractivity contribution in [3.63, 3.8) is 0 Å². The average Bonchev–Trinajstić information content (AvgIpc) is 2.87. The molecule has 6 nitrogen and oxygen atoms in total. The Labute approximate surface area is 109 Å². The molecule has 0 radical (unpaired) electrons. The molecule has 0 saturated carbocycles. The number of carboxylic acids is 1. The highest BCUT2D eigenvalue weighted by Crippen LogP contribution is 2.21. The Kier molecular flexibility index (Phi) is 3.48. The van der Waals surface area contributed by atoms with Crippen LogP contribution in [0.1, 0.15) is 21.6 Å². The zero-order valence-corrected chi connectivity index (χ0v) is 10.2. The lowest BCUT2D eigenvalue weighted by atomic mass is 10.1. The fraction of sp³-hybridized carbons (Fsp3) is 0.154. The molecule has 1 aromatic heterocycles. The summed E-state index contributed by atoms with van der Waals surface area (Å²) in [5, 5.41) is 21.9. The predicted molar refractivity (Wildman–Crippen MR) is 66.0 cm³/mol. The number of aromatic carboxylic acids is 1. The number of rotatable bonds is 4. The van der Waals surface area contributed by atoms with Crippen LogP contribution in [0.2, 0.25) is 0 Å². The quantitative estimate of drug-likeness (QED) is 0.896. The number of hydrogen-bond donors (Lipinski definition) is 1. The molecule has 0 spiro atoms. The maximum absolute atomic E-state index is 11.0. The van der Waals surface area contributed by atoms with Crippen molar-refractivity contribution < 1.29 is 14.6 Å². The van der Waals surface area contributed by atoms with Gasteiger partial charge in [0.1, 0.15) is 11.4 Å². The lowest BCUT2D eigenvalue weighted by molar-refractivity contribution is 0.0684. The van der Waals surface area contributed by atoms with Gasteiger partial charge in [-0.3, -0.25) is 4.68 Å². The van der Waals surface area contributed by atoms with E-state index in [0.717, 1.165) is 0 Å². The number of aromatic nitrogens is 2. The Hall–Kier alpha value is -2.81. The van der Waals surface area contributed by atoms with E-state index in [4.69, 9.17) is 15.1 Å². The van der Waals surface area contributed by atoms with Crippen LogP contribution in [0, 0.1) is 11.3 Å². The first-order valence-corrected chi connectivity index (χ1v) is 5.48. The first-order chi connectivity index (χ1) is 9.15. The van der Waals surface area contributed by atoms with Crippen molar-refractivity contribution in [3.05, 3.63) is 47.3 Å². The topological polar surface area (TPSA) is 88.1 Å². The fourth-order valence-corrected chi connectivity index (χ4v) is 1.77. The van der Waals surface area contributed by atoms with Crippen molar-refractivity contribution in [1.82, 2.24) is 9.78 Å². The summed E-state index contributed by atoms with van der Waals surface area (Å²) in [6, 6.07) is 8.43. The average molecular weight is 257 g/mol. The van der Waals surface area contributed by atoms with Crippen molar-refractivity contribution in [3.8, 4) is 11.8 Å². The smallest absolute Gasteiger partial charge is 0.354 e. The Morgan fingerprint density at radius 1 is 1.53 bits per heavy atom. The number of ether oxygens (including phenoxy) is 1. The monoisotopic (exact) mass is 257 g/mol. The molecule has 0 amide bonds. The van der Waals surface area contributed by atoms with E-state index < -0.39 is 5.97 Å². The van der Waals surface area contributed by atoms with Crippen LogP contribution in [0.3, 0.4) is 0 Å². The second-order valence-electron chi connectivity index (χ2n) is 3.82. The summed E-state index contributed by atoms with van der Waals surface area (Å²) in [4.78, 5) is 11.0. The summed E-state index contributed by atoms with van der Waals surface area (Å²) in [6.45, 7) is 0.229. The standard InChI is InChI=1S/C13H11N3O3/c1-19-12-3-2-9(7-14)6-10(12)8-16-11(13(17)18)4-5-15-16/h2-6H,8H2,1H3,(H,17,18). The molecule has 0 aliphatic rings. The zero-order valence-electron chi connectivity index (χ0n) is 10.2. The molecule has 0 fully saturated rings. The molecule has 0 unspecified atom stereocenters. The van der Waals surface area contributed by atoms with Gasteiger partial charge in [0.05, 0.1) is 25.3 Å². The minimum Gasteiger partial charge on any atom is -0.496 e. The van der Waals surface area contributed by atoms with Gasteiger partial charge >= 0.3 is 5.97 Å². The molecular formula is C13H11N3O3. The van der Waals surface area contributed by atoms with Crippen LogP contribution in [-0.4, -0.2) is 28.0 Å². The highest BCUT2D eigenvalue weighted by atomic mass is 16.5. The lowest BCUT2D eigenvalue weighted by Gasteiger charge is -2.10. The molecule has 1 aromatic carbocycles. The number of nitriles is 1. The lowest BCUT2D eigenvalue weighted by Crippen LogP contribution is -2.11. The largest absolute Gasteiger partial charge is 0.496 e. The molecular weight excluding hydrogens is 246 g/mol. The van der Waals surface area contributed by atoms with Crippen LogP contribution in [0.5, 0.6) is 5.75 Å². The molecule has 1 N–H and O–H groups in total. The zero-order chi connectivity index (χ0) is 13.8. The van der Waals surface area contributed by atoms with E-state index in [1.54, 1.807) is 18.2 Å². The number of nitrogens with zero attached hydrogens (tertiary/aromatic N) is 3. The maximum Gasteiger partial charge on any atom is 0.354 e. The Morgan fingerprint density at radius 2 is 2.32 bits per heavy atom. The van der Waals surface area contributed by atoms with Gasteiger partial charge in [-0.05, 0) is 24.3 Å². The SMILES string of the molecule is COc1ccc(C#N)cc1Cn1nccc1C(=O)O. The summed E-state index contributed by atoms with van der Waals surface area (Å²) in [7, 11) is 1.52. The van der Waals surface area contributed by atoms with Crippen molar-refractivity contribution in [2.45, 2.75) is 6.54 Å². The highest BCUT2D eigenvalue weighted by Gasteiger charge is 2.12. The third-order valence-corrected chi connectivity index (χ3v) is 2.67. The summed E-state index contributed by atoms with van der Waals surface area (Å²) in [5.74, 6) is -0.459. The van der Waals surface area contributed by atoms with Gasteiger partial charge in [0, 0.05) is 11.8 Å². The maximum atomic E-state index is 11.0. The van der Waals surface area contributed by atoms with Gasteiger partial charge in [0.25, 0.3) is 0 Å². The molecule has 0 saturated heterocycles. The number of hydrogen-bond acceptors (Lipinski definition) is 4. The van der Waals surface area contributed by atoms with E-state index in [2.05, 4.69) is 5.10 Å². The Morgan fingerprint density at radius 3 is 2.95 bits per heavy atom. The third kappa shape index (κ3) is 2.55. The summed E-state index contributed by atoms with van der Waals surface area (Å²) >= 11 is 0. The fourth-order valence-electron chi connectivity index (χ4n) is 1.77. The molecule has 0 aliphatic carbocycles. The van der Waals surface area contributed by atoms with Gasteiger partial charge in [-0.25, -0.2) is 4.79 Å². The van der Waals surface area contributed by atoms with Crippen LogP contribution in [0.4, 0.5) is 0 Å². The molecule has 6 heteroatoms. The van der Waals surface area contributed by atoms with E-state index in [1.165, 1.54) is 24.1 Å². The predicted octanol–water partition coefficient (Wildman–Crippen LogP) is 1.51. The Balaban J connectivity index is 2.40. The first kappa shape index (κ1) is 12.6. The molecule has 0 bridgehead atoms. The van der Waals surface area contributed by atoms with E-state index in [0.29, 0.717) is 16.9 Å². The van der Waals surface area contributed by atoms with Gasteiger partial charge in [-0.15, -0.1) is 0 Å². The molecule has 1 heterocycles. The van der Waals surface area contributed by atoms with Crippen molar-refractivity contribution in [1.29, 1.82) is 5.26 Å². The third-order valence-electron chi connectivity index (χ3n) is 2.67. The number of carboxylic acid groups (broad SMARTS) is 1. The second kappa shape index (κ2) is 5.23. The van der Waals surface area contributed by atoms with E-state index in [9.17, 15) is 4.79 Å². The van der Waals surface area contributed by atoms with E-state index in [1.807, 2.05) is 6.07 Å². The molecule has 0 aliphatic heterocycles. The summed E-state index contributed by atoms with van der Waals surface area (Å²) < 4.78 is 6.54. The molecule has 19 heavy (non-hydrogen) atoms. The number of benzene rings is 1. The number of methoxy groups -OCH3 is 1. The van der Waals surface area contributed by atoms with E-state index >= 15 is 0 Å². The summed E-state index contributed by atoms with van der Waals surface area (Å²) in [6.07, 6.45) is 1.42. The van der Waals surface area contributed by atoms with E-state index in [-0.39, 0.29) is 12.2 Å². The minimum absolute atomic E-state index is 0.0874. The molecule has 96 valence electrons. The van der Waals surface area contributed by atoms with Crippen molar-refractivity contribution >= 4 is 5.97 Å². The van der Waals surface area contributed by atoms with Crippen LogP contribution < -0.4 is 4.74 Å². The first-order valence-electron chi connectivity index (χ1n) is 5.48. The second-order valence-corrected chi connectivity index (χ2v) is 3.82. The highest BCUT2D eigenvalue weighted by molar-refractivity contribution is 5.85. The van der Waals surface area contributed by atoms with Gasteiger partial charge in [-0.2, -0.15) is 10.4 Å². The number of carbonyl (C=O) groups is 1. The summed E-state index contributed by atoms with van der Waals surface area (Å²) in [5.41, 5.74) is 1.27. The van der Waals surface area contributed by atoms with Gasteiger partial charge in [-0.1, -0.05) is 0 Å². The molecule has 0 atom stereocenters. The van der Waals surface area contributed by atoms with Crippen molar-refractivity contribution in [2.75, 3.05) is 7.11 Å². The minimum atomic E-state index is -1.05. The van der Waals surface area contributed by atoms with Crippen LogP contribution >= 0.6 is 0 Å². The Bertz CT molecular complexity index is 655. The van der Waals surface area contributed by atoms with Gasteiger partial charge in [0.2, 0.25) is 0 Å². The van der Waals surface area contributed by atoms with Crippen LogP contribution in [0.15, 0.2) is 30.5 Å². The van der Waals surface area contributed by atoms with Crippen LogP contribution in [-0.2, 0) is 6.54 Å². The molecule has 2 aromatic rings. The van der Waals surface area contributed by atoms with Crippen LogP contribution in [0.25, 0.3) is 0 Å². The normalized spacial score (nSPS) is 9.89. The van der Waals surface area contributed by atoms with Crippen molar-refractivity contribution in [2.24, 2.45) is 0 Å². The van der Waals surface area contributed by atoms with Gasteiger partial charge < -0.3 is 9.84 Å². The van der Waals surface area contributed by atoms with Gasteiger partial charge in [0.15, 0.2) is 0 Å².